The highest BCUT2D eigenvalue weighted by Gasteiger charge is 2.36. The molecule has 48 heavy (non-hydrogen) atoms. The first-order valence-corrected chi connectivity index (χ1v) is 17.6. The number of nitrogens with one attached hydrogen (secondary N) is 1. The molecule has 1 atom stereocenters. The van der Waals surface area contributed by atoms with Gasteiger partial charge in [-0.15, -0.1) is 0 Å². The van der Waals surface area contributed by atoms with Crippen molar-refractivity contribution in [3.63, 3.8) is 0 Å². The maximum Gasteiger partial charge on any atom is 0.264 e. The summed E-state index contributed by atoms with van der Waals surface area (Å²) in [6, 6.07) is 29.1. The molecule has 0 aromatic heterocycles. The first-order valence-electron chi connectivity index (χ1n) is 16.2. The van der Waals surface area contributed by atoms with Crippen LogP contribution in [0.15, 0.2) is 108 Å². The Bertz CT molecular complexity index is 1790. The maximum absolute atomic E-state index is 14.8. The standard InChI is InChI=1S/C38H43N3O6S/c1-28-14-10-11-17-30(28)26-40(35(24-29-15-6-4-7-16-29)38(43)39-31-18-12-13-19-31)37(42)27-41(48(44,45)33-20-8-5-9-21-33)34-25-32(46-2)22-23-36(34)47-3/h4-11,14-17,20-23,25,31,35H,12-13,18-19,24,26-27H2,1-3H3,(H,39,43). The third kappa shape index (κ3) is 8.17. The van der Waals surface area contributed by atoms with Crippen LogP contribution in [-0.4, -0.2) is 58.0 Å². The molecule has 2 amide bonds. The number of rotatable bonds is 14. The third-order valence-electron chi connectivity index (χ3n) is 8.84. The van der Waals surface area contributed by atoms with Gasteiger partial charge in [-0.05, 0) is 60.7 Å². The van der Waals surface area contributed by atoms with Crippen molar-refractivity contribution in [1.82, 2.24) is 10.2 Å². The van der Waals surface area contributed by atoms with Crippen LogP contribution in [0.5, 0.6) is 11.5 Å². The van der Waals surface area contributed by atoms with Gasteiger partial charge < -0.3 is 19.7 Å². The van der Waals surface area contributed by atoms with E-state index in [-0.39, 0.29) is 41.2 Å². The monoisotopic (exact) mass is 669 g/mol. The molecule has 1 aliphatic carbocycles. The van der Waals surface area contributed by atoms with Crippen molar-refractivity contribution in [2.45, 2.75) is 62.6 Å². The summed E-state index contributed by atoms with van der Waals surface area (Å²) < 4.78 is 40.8. The average molecular weight is 670 g/mol. The van der Waals surface area contributed by atoms with Gasteiger partial charge in [0.05, 0.1) is 24.8 Å². The number of hydrogen-bond acceptors (Lipinski definition) is 6. The van der Waals surface area contributed by atoms with Crippen LogP contribution in [0.2, 0.25) is 0 Å². The number of carbonyl (C=O) groups is 2. The predicted molar refractivity (Wildman–Crippen MR) is 187 cm³/mol. The Morgan fingerprint density at radius 2 is 1.50 bits per heavy atom. The van der Waals surface area contributed by atoms with Crippen LogP contribution >= 0.6 is 0 Å². The number of amides is 2. The van der Waals surface area contributed by atoms with Crippen LogP contribution in [-0.2, 0) is 32.6 Å². The lowest BCUT2D eigenvalue weighted by molar-refractivity contribution is -0.140. The number of hydrogen-bond donors (Lipinski definition) is 1. The summed E-state index contributed by atoms with van der Waals surface area (Å²) in [7, 11) is -1.38. The van der Waals surface area contributed by atoms with E-state index in [9.17, 15) is 18.0 Å². The zero-order valence-corrected chi connectivity index (χ0v) is 28.5. The molecule has 1 aliphatic rings. The van der Waals surface area contributed by atoms with Gasteiger partial charge in [0.2, 0.25) is 11.8 Å². The molecular formula is C38H43N3O6S. The molecule has 4 aromatic carbocycles. The van der Waals surface area contributed by atoms with E-state index in [4.69, 9.17) is 9.47 Å². The number of carbonyl (C=O) groups excluding carboxylic acids is 2. The van der Waals surface area contributed by atoms with Crippen LogP contribution < -0.4 is 19.1 Å². The van der Waals surface area contributed by atoms with Crippen LogP contribution in [0, 0.1) is 6.92 Å². The summed E-state index contributed by atoms with van der Waals surface area (Å²) in [5, 5.41) is 3.21. The summed E-state index contributed by atoms with van der Waals surface area (Å²) in [4.78, 5) is 30.6. The highest BCUT2D eigenvalue weighted by molar-refractivity contribution is 7.92. The fourth-order valence-corrected chi connectivity index (χ4v) is 7.55. The average Bonchev–Trinajstić information content (AvgIpc) is 3.63. The predicted octanol–water partition coefficient (Wildman–Crippen LogP) is 5.91. The second kappa shape index (κ2) is 15.8. The van der Waals surface area contributed by atoms with E-state index in [1.165, 1.54) is 37.3 Å². The van der Waals surface area contributed by atoms with E-state index < -0.39 is 28.5 Å². The van der Waals surface area contributed by atoms with Gasteiger partial charge in [-0.2, -0.15) is 0 Å². The number of nitrogens with zero attached hydrogens (tertiary/aromatic N) is 2. The number of methoxy groups -OCH3 is 2. The van der Waals surface area contributed by atoms with E-state index in [0.717, 1.165) is 46.7 Å². The van der Waals surface area contributed by atoms with Gasteiger partial charge in [0.25, 0.3) is 10.0 Å². The Kier molecular flexibility index (Phi) is 11.4. The molecular weight excluding hydrogens is 627 g/mol. The quantitative estimate of drug-likeness (QED) is 0.179. The highest BCUT2D eigenvalue weighted by Crippen LogP contribution is 2.36. The van der Waals surface area contributed by atoms with Crippen molar-refractivity contribution in [1.29, 1.82) is 0 Å². The highest BCUT2D eigenvalue weighted by atomic mass is 32.2. The largest absolute Gasteiger partial charge is 0.497 e. The number of benzene rings is 4. The molecule has 0 aliphatic heterocycles. The van der Waals surface area contributed by atoms with Crippen molar-refractivity contribution >= 4 is 27.5 Å². The molecule has 1 fully saturated rings. The molecule has 0 spiro atoms. The zero-order valence-electron chi connectivity index (χ0n) is 27.7. The second-order valence-corrected chi connectivity index (χ2v) is 13.9. The van der Waals surface area contributed by atoms with Crippen molar-refractivity contribution in [2.75, 3.05) is 25.1 Å². The molecule has 252 valence electrons. The molecule has 9 nitrogen and oxygen atoms in total. The van der Waals surface area contributed by atoms with E-state index in [1.54, 1.807) is 30.3 Å². The molecule has 0 heterocycles. The van der Waals surface area contributed by atoms with Gasteiger partial charge in [0.1, 0.15) is 24.1 Å². The fourth-order valence-electron chi connectivity index (χ4n) is 6.12. The van der Waals surface area contributed by atoms with Crippen LogP contribution in [0.3, 0.4) is 0 Å². The Balaban J connectivity index is 1.62. The summed E-state index contributed by atoms with van der Waals surface area (Å²) in [5.74, 6) is -0.163. The van der Waals surface area contributed by atoms with Gasteiger partial charge >= 0.3 is 0 Å². The van der Waals surface area contributed by atoms with Gasteiger partial charge in [-0.25, -0.2) is 8.42 Å². The molecule has 4 aromatic rings. The minimum atomic E-state index is -4.30. The summed E-state index contributed by atoms with van der Waals surface area (Å²) in [5.41, 5.74) is 2.83. The number of sulfonamides is 1. The smallest absolute Gasteiger partial charge is 0.264 e. The first kappa shape index (κ1) is 34.5. The molecule has 1 saturated carbocycles. The van der Waals surface area contributed by atoms with E-state index in [2.05, 4.69) is 5.32 Å². The molecule has 1 unspecified atom stereocenters. The molecule has 0 saturated heterocycles. The second-order valence-electron chi connectivity index (χ2n) is 12.0. The van der Waals surface area contributed by atoms with E-state index in [0.29, 0.717) is 5.75 Å². The van der Waals surface area contributed by atoms with Crippen molar-refractivity contribution < 1.29 is 27.5 Å². The minimum absolute atomic E-state index is 0.00735. The summed E-state index contributed by atoms with van der Waals surface area (Å²) in [6.07, 6.45) is 4.09. The summed E-state index contributed by atoms with van der Waals surface area (Å²) in [6.45, 7) is 1.47. The Labute approximate surface area is 283 Å². The van der Waals surface area contributed by atoms with E-state index in [1.807, 2.05) is 61.5 Å². The van der Waals surface area contributed by atoms with Crippen molar-refractivity contribution in [3.8, 4) is 11.5 Å². The molecule has 1 N–H and O–H groups in total. The Hall–Kier alpha value is -4.83. The van der Waals surface area contributed by atoms with Crippen molar-refractivity contribution in [3.05, 3.63) is 120 Å². The normalized spacial score (nSPS) is 13.8. The first-order chi connectivity index (χ1) is 23.2. The van der Waals surface area contributed by atoms with Crippen LogP contribution in [0.4, 0.5) is 5.69 Å². The Morgan fingerprint density at radius 1 is 0.854 bits per heavy atom. The maximum atomic E-state index is 14.8. The number of aryl methyl sites for hydroxylation is 1. The lowest BCUT2D eigenvalue weighted by atomic mass is 10.0. The molecule has 5 rings (SSSR count). The SMILES string of the molecule is COc1ccc(OC)c(N(CC(=O)N(Cc2ccccc2C)C(Cc2ccccc2)C(=O)NC2CCCC2)S(=O)(=O)c2ccccc2)c1. The summed E-state index contributed by atoms with van der Waals surface area (Å²) >= 11 is 0. The van der Waals surface area contributed by atoms with Crippen LogP contribution in [0.25, 0.3) is 0 Å². The number of ether oxygens (including phenoxy) is 2. The van der Waals surface area contributed by atoms with Gasteiger partial charge in [0, 0.05) is 25.1 Å². The molecule has 0 bridgehead atoms. The van der Waals surface area contributed by atoms with Gasteiger partial charge in [-0.3, -0.25) is 13.9 Å². The topological polar surface area (TPSA) is 105 Å². The van der Waals surface area contributed by atoms with Crippen LogP contribution in [0.1, 0.15) is 42.4 Å². The molecule has 10 heteroatoms. The number of anilines is 1. The zero-order chi connectivity index (χ0) is 34.1. The lowest BCUT2D eigenvalue weighted by Gasteiger charge is -2.35. The minimum Gasteiger partial charge on any atom is -0.497 e. The van der Waals surface area contributed by atoms with Gasteiger partial charge in [0.15, 0.2) is 0 Å². The molecule has 0 radical (unpaired) electrons. The lowest BCUT2D eigenvalue weighted by Crippen LogP contribution is -2.54. The van der Waals surface area contributed by atoms with Crippen molar-refractivity contribution in [2.24, 2.45) is 0 Å². The Morgan fingerprint density at radius 3 is 2.15 bits per heavy atom. The fraction of sp³-hybridized carbons (Fsp3) is 0.316. The van der Waals surface area contributed by atoms with E-state index >= 15 is 0 Å². The van der Waals surface area contributed by atoms with Gasteiger partial charge in [-0.1, -0.05) is 85.6 Å². The third-order valence-corrected chi connectivity index (χ3v) is 10.6.